The Bertz CT molecular complexity index is 260. The molecule has 2 saturated carbocycles. The van der Waals surface area contributed by atoms with Gasteiger partial charge >= 0.3 is 0 Å². The largest absolute Gasteiger partial charge is 0.120 e. The van der Waals surface area contributed by atoms with Crippen molar-refractivity contribution in [3.63, 3.8) is 0 Å². The first-order valence-electron chi connectivity index (χ1n) is 6.65. The van der Waals surface area contributed by atoms with Gasteiger partial charge < -0.3 is 0 Å². The smallest absolute Gasteiger partial charge is 0.0259 e. The maximum atomic E-state index is 5.64. The van der Waals surface area contributed by atoms with E-state index in [2.05, 4.69) is 26.7 Å². The van der Waals surface area contributed by atoms with Crippen molar-refractivity contribution in [2.45, 2.75) is 46.5 Å². The highest BCUT2D eigenvalue weighted by Crippen LogP contribution is 2.64. The predicted octanol–water partition coefficient (Wildman–Crippen LogP) is 3.96. The zero-order chi connectivity index (χ0) is 11.0. The second-order valence-corrected chi connectivity index (χ2v) is 5.90. The molecular formula is C15H24. The van der Waals surface area contributed by atoms with Crippen molar-refractivity contribution in [2.75, 3.05) is 0 Å². The Morgan fingerprint density at radius 1 is 1.47 bits per heavy atom. The lowest BCUT2D eigenvalue weighted by molar-refractivity contribution is 0.368. The van der Waals surface area contributed by atoms with E-state index in [9.17, 15) is 0 Å². The number of terminal acetylenes is 1. The summed E-state index contributed by atoms with van der Waals surface area (Å²) in [5, 5.41) is 0. The second-order valence-electron chi connectivity index (χ2n) is 5.90. The third-order valence-corrected chi connectivity index (χ3v) is 4.95. The Balaban J connectivity index is 1.79. The summed E-state index contributed by atoms with van der Waals surface area (Å²) >= 11 is 0. The van der Waals surface area contributed by atoms with Crippen molar-refractivity contribution in [1.29, 1.82) is 0 Å². The van der Waals surface area contributed by atoms with Crippen LogP contribution in [0.1, 0.15) is 46.5 Å². The number of hydrogen-bond donors (Lipinski definition) is 0. The van der Waals surface area contributed by atoms with Gasteiger partial charge in [-0.15, -0.1) is 12.3 Å². The van der Waals surface area contributed by atoms with Gasteiger partial charge in [0, 0.05) is 5.92 Å². The molecule has 0 saturated heterocycles. The monoisotopic (exact) mass is 204 g/mol. The third kappa shape index (κ3) is 1.94. The molecule has 6 unspecified atom stereocenters. The lowest BCUT2D eigenvalue weighted by atomic mass is 9.88. The maximum Gasteiger partial charge on any atom is 0.0259 e. The zero-order valence-corrected chi connectivity index (χ0v) is 10.4. The molecule has 15 heavy (non-hydrogen) atoms. The fourth-order valence-electron chi connectivity index (χ4n) is 3.66. The van der Waals surface area contributed by atoms with E-state index in [0.29, 0.717) is 5.92 Å². The van der Waals surface area contributed by atoms with E-state index in [4.69, 9.17) is 6.42 Å². The van der Waals surface area contributed by atoms with Crippen LogP contribution >= 0.6 is 0 Å². The molecule has 0 amide bonds. The Labute approximate surface area is 94.8 Å². The molecule has 0 aliphatic heterocycles. The molecule has 0 aromatic rings. The SMILES string of the molecule is C#CC1C(C)CC2C(CCC(C)CC)C12. The number of fused-ring (bicyclic) bond motifs is 1. The van der Waals surface area contributed by atoms with E-state index in [1.54, 1.807) is 0 Å². The molecule has 2 fully saturated rings. The molecule has 2 rings (SSSR count). The van der Waals surface area contributed by atoms with Gasteiger partial charge in [-0.2, -0.15) is 0 Å². The zero-order valence-electron chi connectivity index (χ0n) is 10.4. The molecule has 0 nitrogen and oxygen atoms in total. The van der Waals surface area contributed by atoms with Crippen molar-refractivity contribution >= 4 is 0 Å². The summed E-state index contributed by atoms with van der Waals surface area (Å²) in [6.07, 6.45) is 11.2. The fraction of sp³-hybridized carbons (Fsp3) is 0.867. The molecule has 0 spiro atoms. The standard InChI is InChI=1S/C15H24/c1-5-10(3)7-8-13-14-9-11(4)12(6-2)15(13)14/h2,10-15H,5,7-9H2,1,3-4H3. The molecule has 6 atom stereocenters. The van der Waals surface area contributed by atoms with Crippen molar-refractivity contribution in [3.8, 4) is 12.3 Å². The quantitative estimate of drug-likeness (QED) is 0.608. The molecule has 84 valence electrons. The molecule has 0 radical (unpaired) electrons. The highest BCUT2D eigenvalue weighted by molar-refractivity contribution is 5.15. The van der Waals surface area contributed by atoms with E-state index in [1.165, 1.54) is 25.7 Å². The Morgan fingerprint density at radius 3 is 2.80 bits per heavy atom. The Morgan fingerprint density at radius 2 is 2.20 bits per heavy atom. The van der Waals surface area contributed by atoms with Crippen molar-refractivity contribution in [3.05, 3.63) is 0 Å². The lowest BCUT2D eigenvalue weighted by Crippen LogP contribution is -2.10. The van der Waals surface area contributed by atoms with E-state index >= 15 is 0 Å². The summed E-state index contributed by atoms with van der Waals surface area (Å²) in [6.45, 7) is 7.01. The molecular weight excluding hydrogens is 180 g/mol. The van der Waals surface area contributed by atoms with Crippen LogP contribution in [0.2, 0.25) is 0 Å². The first-order chi connectivity index (χ1) is 7.19. The predicted molar refractivity (Wildman–Crippen MR) is 65.3 cm³/mol. The van der Waals surface area contributed by atoms with Crippen molar-refractivity contribution in [1.82, 2.24) is 0 Å². The van der Waals surface area contributed by atoms with Crippen molar-refractivity contribution in [2.24, 2.45) is 35.5 Å². The molecule has 0 N–H and O–H groups in total. The molecule has 0 bridgehead atoms. The normalized spacial score (nSPS) is 44.5. The van der Waals surface area contributed by atoms with Gasteiger partial charge in [0.05, 0.1) is 0 Å². The van der Waals surface area contributed by atoms with Gasteiger partial charge in [0.2, 0.25) is 0 Å². The molecule has 2 aliphatic carbocycles. The van der Waals surface area contributed by atoms with Crippen molar-refractivity contribution < 1.29 is 0 Å². The average molecular weight is 204 g/mol. The minimum atomic E-state index is 0.608. The van der Waals surface area contributed by atoms with Gasteiger partial charge in [0.15, 0.2) is 0 Å². The van der Waals surface area contributed by atoms with Crippen LogP contribution in [0.5, 0.6) is 0 Å². The van der Waals surface area contributed by atoms with Crippen LogP contribution in [-0.4, -0.2) is 0 Å². The van der Waals surface area contributed by atoms with Gasteiger partial charge in [0.25, 0.3) is 0 Å². The highest BCUT2D eigenvalue weighted by Gasteiger charge is 2.59. The lowest BCUT2D eigenvalue weighted by Gasteiger charge is -2.16. The van der Waals surface area contributed by atoms with Gasteiger partial charge in [0.1, 0.15) is 0 Å². The molecule has 0 heteroatoms. The van der Waals surface area contributed by atoms with Gasteiger partial charge in [-0.25, -0.2) is 0 Å². The summed E-state index contributed by atoms with van der Waals surface area (Å²) in [5.74, 6) is 8.26. The maximum absolute atomic E-state index is 5.64. The molecule has 0 aromatic carbocycles. The molecule has 0 aromatic heterocycles. The van der Waals surface area contributed by atoms with Crippen LogP contribution < -0.4 is 0 Å². The summed E-state index contributed by atoms with van der Waals surface area (Å²) in [5.41, 5.74) is 0. The van der Waals surface area contributed by atoms with Gasteiger partial charge in [-0.1, -0.05) is 33.6 Å². The van der Waals surface area contributed by atoms with Crippen LogP contribution in [-0.2, 0) is 0 Å². The first-order valence-corrected chi connectivity index (χ1v) is 6.65. The average Bonchev–Trinajstić information content (AvgIpc) is 2.77. The van der Waals surface area contributed by atoms with Crippen LogP contribution in [0.25, 0.3) is 0 Å². The summed E-state index contributed by atoms with van der Waals surface area (Å²) in [7, 11) is 0. The van der Waals surface area contributed by atoms with E-state index in [0.717, 1.165) is 29.6 Å². The van der Waals surface area contributed by atoms with E-state index in [-0.39, 0.29) is 0 Å². The highest BCUT2D eigenvalue weighted by atomic mass is 14.6. The molecule has 2 aliphatic rings. The summed E-state index contributed by atoms with van der Waals surface area (Å²) in [6, 6.07) is 0. The Hall–Kier alpha value is -0.440. The van der Waals surface area contributed by atoms with Crippen LogP contribution in [0.15, 0.2) is 0 Å². The number of hydrogen-bond acceptors (Lipinski definition) is 0. The third-order valence-electron chi connectivity index (χ3n) is 4.95. The Kier molecular flexibility index (Phi) is 3.10. The summed E-state index contributed by atoms with van der Waals surface area (Å²) in [4.78, 5) is 0. The number of rotatable bonds is 4. The minimum absolute atomic E-state index is 0.608. The van der Waals surface area contributed by atoms with Gasteiger partial charge in [-0.05, 0) is 42.4 Å². The first kappa shape index (κ1) is 11.1. The second kappa shape index (κ2) is 4.20. The van der Waals surface area contributed by atoms with E-state index in [1.807, 2.05) is 0 Å². The van der Waals surface area contributed by atoms with Gasteiger partial charge in [-0.3, -0.25) is 0 Å². The topological polar surface area (TPSA) is 0 Å². The fourth-order valence-corrected chi connectivity index (χ4v) is 3.66. The minimum Gasteiger partial charge on any atom is -0.120 e. The van der Waals surface area contributed by atoms with Crippen LogP contribution in [0.4, 0.5) is 0 Å². The van der Waals surface area contributed by atoms with E-state index < -0.39 is 0 Å². The van der Waals surface area contributed by atoms with Crippen LogP contribution in [0, 0.1) is 47.9 Å². The summed E-state index contributed by atoms with van der Waals surface area (Å²) < 4.78 is 0. The van der Waals surface area contributed by atoms with Crippen LogP contribution in [0.3, 0.4) is 0 Å². The molecule has 0 heterocycles.